The molecule has 1 rings (SSSR count). The van der Waals surface area contributed by atoms with E-state index in [0.29, 0.717) is 0 Å². The molecule has 0 saturated heterocycles. The summed E-state index contributed by atoms with van der Waals surface area (Å²) in [6.07, 6.45) is 8.45. The molecule has 4 heteroatoms. The van der Waals surface area contributed by atoms with E-state index in [1.165, 1.54) is 6.42 Å². The third-order valence-corrected chi connectivity index (χ3v) is 2.48. The number of ether oxygens (including phenoxy) is 1. The molecule has 16 heavy (non-hydrogen) atoms. The summed E-state index contributed by atoms with van der Waals surface area (Å²) in [7, 11) is 1.94. The van der Waals surface area contributed by atoms with Gasteiger partial charge < -0.3 is 10.1 Å². The minimum atomic E-state index is 0.232. The van der Waals surface area contributed by atoms with Crippen molar-refractivity contribution in [1.82, 2.24) is 15.3 Å². The first-order chi connectivity index (χ1) is 7.88. The van der Waals surface area contributed by atoms with E-state index in [-0.39, 0.29) is 6.04 Å². The number of aromatic nitrogens is 2. The molecule has 0 fully saturated rings. The predicted molar refractivity (Wildman–Crippen MR) is 64.2 cm³/mol. The van der Waals surface area contributed by atoms with Gasteiger partial charge in [0.25, 0.3) is 0 Å². The predicted octanol–water partition coefficient (Wildman–Crippen LogP) is 1.94. The highest BCUT2D eigenvalue weighted by molar-refractivity contribution is 5.01. The zero-order chi connectivity index (χ0) is 11.6. The zero-order valence-electron chi connectivity index (χ0n) is 10.1. The molecule has 0 radical (unpaired) electrons. The van der Waals surface area contributed by atoms with Crippen molar-refractivity contribution in [3.63, 3.8) is 0 Å². The van der Waals surface area contributed by atoms with Crippen LogP contribution in [0.1, 0.15) is 37.9 Å². The molecule has 0 aliphatic rings. The van der Waals surface area contributed by atoms with Gasteiger partial charge in [0.1, 0.15) is 0 Å². The fourth-order valence-corrected chi connectivity index (χ4v) is 1.48. The van der Waals surface area contributed by atoms with Crippen LogP contribution in [-0.2, 0) is 4.74 Å². The molecule has 0 spiro atoms. The van der Waals surface area contributed by atoms with Gasteiger partial charge in [-0.05, 0) is 19.9 Å². The first kappa shape index (κ1) is 13.1. The quantitative estimate of drug-likeness (QED) is 0.684. The van der Waals surface area contributed by atoms with Crippen LogP contribution in [0.15, 0.2) is 18.6 Å². The lowest BCUT2D eigenvalue weighted by Gasteiger charge is -2.14. The van der Waals surface area contributed by atoms with Gasteiger partial charge in [-0.15, -0.1) is 0 Å². The van der Waals surface area contributed by atoms with E-state index in [2.05, 4.69) is 22.2 Å². The molecule has 90 valence electrons. The molecule has 1 atom stereocenters. The standard InChI is InChI=1S/C12H21N3O/c1-3-4-8-16-9-5-11(13-2)12-10-14-6-7-15-12/h6-7,10-11,13H,3-5,8-9H2,1-2H3. The lowest BCUT2D eigenvalue weighted by atomic mass is 10.1. The smallest absolute Gasteiger partial charge is 0.0756 e. The lowest BCUT2D eigenvalue weighted by molar-refractivity contribution is 0.121. The van der Waals surface area contributed by atoms with E-state index >= 15 is 0 Å². The maximum Gasteiger partial charge on any atom is 0.0756 e. The van der Waals surface area contributed by atoms with Crippen molar-refractivity contribution in [1.29, 1.82) is 0 Å². The van der Waals surface area contributed by atoms with Crippen LogP contribution in [0, 0.1) is 0 Å². The molecule has 1 N–H and O–H groups in total. The summed E-state index contributed by atoms with van der Waals surface area (Å²) < 4.78 is 5.54. The van der Waals surface area contributed by atoms with Gasteiger partial charge in [0.2, 0.25) is 0 Å². The molecule has 0 aliphatic carbocycles. The maximum atomic E-state index is 5.54. The average Bonchev–Trinajstić information content (AvgIpc) is 2.35. The van der Waals surface area contributed by atoms with Gasteiger partial charge in [-0.1, -0.05) is 13.3 Å². The highest BCUT2D eigenvalue weighted by atomic mass is 16.5. The minimum Gasteiger partial charge on any atom is -0.381 e. The summed E-state index contributed by atoms with van der Waals surface area (Å²) >= 11 is 0. The normalized spacial score (nSPS) is 12.6. The average molecular weight is 223 g/mol. The summed E-state index contributed by atoms with van der Waals surface area (Å²) in [6, 6.07) is 0.232. The lowest BCUT2D eigenvalue weighted by Crippen LogP contribution is -2.19. The van der Waals surface area contributed by atoms with Gasteiger partial charge in [0, 0.05) is 31.8 Å². The zero-order valence-corrected chi connectivity index (χ0v) is 10.1. The van der Waals surface area contributed by atoms with Crippen molar-refractivity contribution in [3.05, 3.63) is 24.3 Å². The molecular weight excluding hydrogens is 202 g/mol. The van der Waals surface area contributed by atoms with E-state index in [4.69, 9.17) is 4.74 Å². The van der Waals surface area contributed by atoms with E-state index in [0.717, 1.165) is 31.7 Å². The van der Waals surface area contributed by atoms with E-state index in [1.807, 2.05) is 7.05 Å². The van der Waals surface area contributed by atoms with Gasteiger partial charge in [-0.2, -0.15) is 0 Å². The summed E-state index contributed by atoms with van der Waals surface area (Å²) in [5.41, 5.74) is 0.976. The molecule has 1 heterocycles. The Kier molecular flexibility index (Phi) is 6.69. The van der Waals surface area contributed by atoms with Gasteiger partial charge in [0.05, 0.1) is 11.7 Å². The topological polar surface area (TPSA) is 47.0 Å². The second kappa shape index (κ2) is 8.19. The fraction of sp³-hybridized carbons (Fsp3) is 0.667. The summed E-state index contributed by atoms with van der Waals surface area (Å²) in [5.74, 6) is 0. The van der Waals surface area contributed by atoms with Crippen LogP contribution in [0.2, 0.25) is 0 Å². The van der Waals surface area contributed by atoms with Crippen molar-refractivity contribution in [2.75, 3.05) is 20.3 Å². The highest BCUT2D eigenvalue weighted by Crippen LogP contribution is 2.12. The number of nitrogens with one attached hydrogen (secondary N) is 1. The van der Waals surface area contributed by atoms with E-state index in [1.54, 1.807) is 18.6 Å². The Morgan fingerprint density at radius 2 is 2.25 bits per heavy atom. The Morgan fingerprint density at radius 1 is 1.38 bits per heavy atom. The molecule has 4 nitrogen and oxygen atoms in total. The third-order valence-electron chi connectivity index (χ3n) is 2.48. The van der Waals surface area contributed by atoms with Gasteiger partial charge in [-0.3, -0.25) is 9.97 Å². The molecule has 1 aromatic rings. The Hall–Kier alpha value is -1.00. The molecular formula is C12H21N3O. The summed E-state index contributed by atoms with van der Waals surface area (Å²) in [5, 5.41) is 3.23. The van der Waals surface area contributed by atoms with Crippen molar-refractivity contribution >= 4 is 0 Å². The Balaban J connectivity index is 2.27. The van der Waals surface area contributed by atoms with Crippen LogP contribution in [0.4, 0.5) is 0 Å². The van der Waals surface area contributed by atoms with Crippen LogP contribution in [0.3, 0.4) is 0 Å². The van der Waals surface area contributed by atoms with Crippen LogP contribution < -0.4 is 5.32 Å². The highest BCUT2D eigenvalue weighted by Gasteiger charge is 2.09. The maximum absolute atomic E-state index is 5.54. The minimum absolute atomic E-state index is 0.232. The summed E-state index contributed by atoms with van der Waals surface area (Å²) in [6.45, 7) is 3.79. The van der Waals surface area contributed by atoms with Crippen LogP contribution >= 0.6 is 0 Å². The molecule has 0 amide bonds. The van der Waals surface area contributed by atoms with Crippen molar-refractivity contribution in [3.8, 4) is 0 Å². The number of rotatable bonds is 8. The molecule has 0 aromatic carbocycles. The van der Waals surface area contributed by atoms with Crippen molar-refractivity contribution < 1.29 is 4.74 Å². The number of nitrogens with zero attached hydrogens (tertiary/aromatic N) is 2. The third kappa shape index (κ3) is 4.68. The monoisotopic (exact) mass is 223 g/mol. The molecule has 1 unspecified atom stereocenters. The molecule has 0 aliphatic heterocycles. The second-order valence-corrected chi connectivity index (χ2v) is 3.73. The fourth-order valence-electron chi connectivity index (χ4n) is 1.48. The first-order valence-electron chi connectivity index (χ1n) is 5.89. The SMILES string of the molecule is CCCCOCCC(NC)c1cnccn1. The van der Waals surface area contributed by atoms with Gasteiger partial charge >= 0.3 is 0 Å². The van der Waals surface area contributed by atoms with E-state index in [9.17, 15) is 0 Å². The van der Waals surface area contributed by atoms with Gasteiger partial charge in [0.15, 0.2) is 0 Å². The molecule has 0 saturated carbocycles. The second-order valence-electron chi connectivity index (χ2n) is 3.73. The first-order valence-corrected chi connectivity index (χ1v) is 5.89. The number of hydrogen-bond donors (Lipinski definition) is 1. The number of hydrogen-bond acceptors (Lipinski definition) is 4. The van der Waals surface area contributed by atoms with Crippen LogP contribution in [0.25, 0.3) is 0 Å². The number of unbranched alkanes of at least 4 members (excludes halogenated alkanes) is 1. The van der Waals surface area contributed by atoms with Gasteiger partial charge in [-0.25, -0.2) is 0 Å². The van der Waals surface area contributed by atoms with E-state index < -0.39 is 0 Å². The Morgan fingerprint density at radius 3 is 2.88 bits per heavy atom. The van der Waals surface area contributed by atoms with Crippen LogP contribution in [-0.4, -0.2) is 30.2 Å². The Bertz CT molecular complexity index is 266. The van der Waals surface area contributed by atoms with Crippen LogP contribution in [0.5, 0.6) is 0 Å². The Labute approximate surface area is 97.5 Å². The summed E-state index contributed by atoms with van der Waals surface area (Å²) in [4.78, 5) is 8.35. The molecule has 1 aromatic heterocycles. The van der Waals surface area contributed by atoms with Crippen molar-refractivity contribution in [2.24, 2.45) is 0 Å². The molecule has 0 bridgehead atoms. The largest absolute Gasteiger partial charge is 0.381 e. The van der Waals surface area contributed by atoms with Crippen molar-refractivity contribution in [2.45, 2.75) is 32.2 Å².